The highest BCUT2D eigenvalue weighted by Gasteiger charge is 2.38. The fourth-order valence-corrected chi connectivity index (χ4v) is 1.83. The van der Waals surface area contributed by atoms with Gasteiger partial charge in [-0.3, -0.25) is 4.79 Å². The van der Waals surface area contributed by atoms with Crippen LogP contribution in [0.1, 0.15) is 49.2 Å². The molecule has 0 fully saturated rings. The highest BCUT2D eigenvalue weighted by molar-refractivity contribution is 5.92. The predicted molar refractivity (Wildman–Crippen MR) is 79.2 cm³/mol. The molecule has 0 spiro atoms. The minimum absolute atomic E-state index is 0.105. The summed E-state index contributed by atoms with van der Waals surface area (Å²) in [6.07, 6.45) is -11.6. The zero-order chi connectivity index (χ0) is 20.5. The number of ether oxygens (including phenoxy) is 1. The minimum Gasteiger partial charge on any atom is -0.449 e. The summed E-state index contributed by atoms with van der Waals surface area (Å²) in [5.74, 6) is -2.22. The SMILES string of the molecule is CC(OC(=O)c1cc(C(F)(F)F)cc(C(F)(F)F)c1)C(=O)NC(C)(C)C. The minimum atomic E-state index is -5.09. The van der Waals surface area contributed by atoms with E-state index in [-0.39, 0.29) is 18.2 Å². The number of hydrogen-bond donors (Lipinski definition) is 1. The third-order valence-electron chi connectivity index (χ3n) is 2.97. The van der Waals surface area contributed by atoms with Crippen molar-refractivity contribution in [1.82, 2.24) is 5.32 Å². The van der Waals surface area contributed by atoms with Crippen LogP contribution in [0.2, 0.25) is 0 Å². The fraction of sp³-hybridized carbons (Fsp3) is 0.500. The Labute approximate surface area is 145 Å². The van der Waals surface area contributed by atoms with Crippen LogP contribution < -0.4 is 5.32 Å². The van der Waals surface area contributed by atoms with Gasteiger partial charge in [0.25, 0.3) is 5.91 Å². The van der Waals surface area contributed by atoms with Crippen LogP contribution in [-0.4, -0.2) is 23.5 Å². The van der Waals surface area contributed by atoms with Crippen molar-refractivity contribution >= 4 is 11.9 Å². The summed E-state index contributed by atoms with van der Waals surface area (Å²) in [6, 6.07) is 0.379. The monoisotopic (exact) mass is 385 g/mol. The number of rotatable bonds is 3. The first kappa shape index (κ1) is 21.8. The van der Waals surface area contributed by atoms with Gasteiger partial charge in [0.2, 0.25) is 0 Å². The Kier molecular flexibility index (Phi) is 6.00. The molecule has 10 heteroatoms. The number of benzene rings is 1. The average molecular weight is 385 g/mol. The molecule has 1 N–H and O–H groups in total. The van der Waals surface area contributed by atoms with Crippen LogP contribution in [-0.2, 0) is 21.9 Å². The van der Waals surface area contributed by atoms with Crippen molar-refractivity contribution in [3.8, 4) is 0 Å². The van der Waals surface area contributed by atoms with Gasteiger partial charge in [0.05, 0.1) is 16.7 Å². The van der Waals surface area contributed by atoms with Gasteiger partial charge in [-0.05, 0) is 45.9 Å². The number of nitrogens with one attached hydrogen (secondary N) is 1. The van der Waals surface area contributed by atoms with Crippen molar-refractivity contribution in [3.63, 3.8) is 0 Å². The Balaban J connectivity index is 3.14. The van der Waals surface area contributed by atoms with E-state index in [0.717, 1.165) is 6.92 Å². The lowest BCUT2D eigenvalue weighted by Crippen LogP contribution is -2.46. The standard InChI is InChI=1S/C16H17F6NO3/c1-8(12(24)23-14(2,3)4)26-13(25)9-5-10(15(17,18)19)7-11(6-9)16(20,21)22/h5-8H,1-4H3,(H,23,24). The molecule has 0 radical (unpaired) electrons. The average Bonchev–Trinajstić information content (AvgIpc) is 2.42. The van der Waals surface area contributed by atoms with Crippen molar-refractivity contribution < 1.29 is 40.7 Å². The van der Waals surface area contributed by atoms with Gasteiger partial charge in [-0.25, -0.2) is 4.79 Å². The van der Waals surface area contributed by atoms with Crippen LogP contribution in [0, 0.1) is 0 Å². The molecule has 0 heterocycles. The number of amides is 1. The lowest BCUT2D eigenvalue weighted by molar-refractivity contribution is -0.143. The Hall–Kier alpha value is -2.26. The van der Waals surface area contributed by atoms with E-state index in [9.17, 15) is 35.9 Å². The van der Waals surface area contributed by atoms with Gasteiger partial charge in [0.15, 0.2) is 6.10 Å². The molecule has 0 saturated heterocycles. The van der Waals surface area contributed by atoms with Crippen molar-refractivity contribution in [3.05, 3.63) is 34.9 Å². The molecule has 1 amide bonds. The van der Waals surface area contributed by atoms with Gasteiger partial charge in [-0.2, -0.15) is 26.3 Å². The molecule has 4 nitrogen and oxygen atoms in total. The van der Waals surface area contributed by atoms with Crippen LogP contribution in [0.5, 0.6) is 0 Å². The summed E-state index contributed by atoms with van der Waals surface area (Å²) < 4.78 is 81.4. The fourth-order valence-electron chi connectivity index (χ4n) is 1.83. The normalized spacial score (nSPS) is 13.9. The van der Waals surface area contributed by atoms with Crippen molar-refractivity contribution in [1.29, 1.82) is 0 Å². The maximum absolute atomic E-state index is 12.8. The molecule has 0 aliphatic rings. The van der Waals surface area contributed by atoms with E-state index in [2.05, 4.69) is 5.32 Å². The van der Waals surface area contributed by atoms with Gasteiger partial charge in [-0.15, -0.1) is 0 Å². The van der Waals surface area contributed by atoms with Crippen LogP contribution in [0.4, 0.5) is 26.3 Å². The lowest BCUT2D eigenvalue weighted by atomic mass is 10.0. The van der Waals surface area contributed by atoms with Crippen LogP contribution in [0.3, 0.4) is 0 Å². The third kappa shape index (κ3) is 6.23. The quantitative estimate of drug-likeness (QED) is 0.627. The predicted octanol–water partition coefficient (Wildman–Crippen LogP) is 4.18. The molecular formula is C16H17F6NO3. The zero-order valence-corrected chi connectivity index (χ0v) is 14.3. The van der Waals surface area contributed by atoms with Gasteiger partial charge in [0, 0.05) is 5.54 Å². The van der Waals surface area contributed by atoms with E-state index in [0.29, 0.717) is 0 Å². The Morgan fingerprint density at radius 2 is 1.35 bits per heavy atom. The molecule has 1 aromatic carbocycles. The molecule has 1 rings (SSSR count). The van der Waals surface area contributed by atoms with E-state index in [4.69, 9.17) is 4.74 Å². The van der Waals surface area contributed by atoms with E-state index in [1.54, 1.807) is 20.8 Å². The second-order valence-corrected chi connectivity index (χ2v) is 6.58. The molecule has 1 unspecified atom stereocenters. The number of esters is 1. The molecule has 0 bridgehead atoms. The Morgan fingerprint density at radius 1 is 0.923 bits per heavy atom. The summed E-state index contributed by atoms with van der Waals surface area (Å²) in [5.41, 5.74) is -4.92. The Bertz CT molecular complexity index is 656. The largest absolute Gasteiger partial charge is 0.449 e. The van der Waals surface area contributed by atoms with Gasteiger partial charge < -0.3 is 10.1 Å². The molecule has 1 atom stereocenters. The van der Waals surface area contributed by atoms with Crippen LogP contribution >= 0.6 is 0 Å². The summed E-state index contributed by atoms with van der Waals surface area (Å²) in [7, 11) is 0. The lowest BCUT2D eigenvalue weighted by Gasteiger charge is -2.23. The molecule has 0 aromatic heterocycles. The molecular weight excluding hydrogens is 368 g/mol. The topological polar surface area (TPSA) is 55.4 Å². The first-order chi connectivity index (χ1) is 11.5. The highest BCUT2D eigenvalue weighted by atomic mass is 19.4. The first-order valence-electron chi connectivity index (χ1n) is 7.33. The maximum Gasteiger partial charge on any atom is 0.416 e. The second kappa shape index (κ2) is 7.16. The van der Waals surface area contributed by atoms with Gasteiger partial charge >= 0.3 is 18.3 Å². The van der Waals surface area contributed by atoms with E-state index in [1.165, 1.54) is 0 Å². The zero-order valence-electron chi connectivity index (χ0n) is 14.3. The smallest absolute Gasteiger partial charge is 0.416 e. The van der Waals surface area contributed by atoms with Crippen LogP contribution in [0.25, 0.3) is 0 Å². The molecule has 0 aliphatic heterocycles. The van der Waals surface area contributed by atoms with Crippen molar-refractivity contribution in [2.75, 3.05) is 0 Å². The van der Waals surface area contributed by atoms with E-state index < -0.39 is 52.6 Å². The molecule has 0 saturated carbocycles. The van der Waals surface area contributed by atoms with E-state index in [1.807, 2.05) is 0 Å². The first-order valence-corrected chi connectivity index (χ1v) is 7.33. The van der Waals surface area contributed by atoms with Crippen LogP contribution in [0.15, 0.2) is 18.2 Å². The van der Waals surface area contributed by atoms with Crippen molar-refractivity contribution in [2.24, 2.45) is 0 Å². The molecule has 1 aromatic rings. The summed E-state index contributed by atoms with van der Waals surface area (Å²) in [5, 5.41) is 2.47. The molecule has 26 heavy (non-hydrogen) atoms. The van der Waals surface area contributed by atoms with Gasteiger partial charge in [0.1, 0.15) is 0 Å². The number of alkyl halides is 6. The third-order valence-corrected chi connectivity index (χ3v) is 2.97. The number of carbonyl (C=O) groups is 2. The van der Waals surface area contributed by atoms with Crippen molar-refractivity contribution in [2.45, 2.75) is 51.7 Å². The molecule has 0 aliphatic carbocycles. The summed E-state index contributed by atoms with van der Waals surface area (Å²) in [4.78, 5) is 23.8. The second-order valence-electron chi connectivity index (χ2n) is 6.58. The van der Waals surface area contributed by atoms with E-state index >= 15 is 0 Å². The summed E-state index contributed by atoms with van der Waals surface area (Å²) >= 11 is 0. The molecule has 146 valence electrons. The number of hydrogen-bond acceptors (Lipinski definition) is 3. The maximum atomic E-state index is 12.8. The summed E-state index contributed by atoms with van der Waals surface area (Å²) in [6.45, 7) is 6.07. The number of halogens is 6. The highest BCUT2D eigenvalue weighted by Crippen LogP contribution is 2.36. The van der Waals surface area contributed by atoms with Gasteiger partial charge in [-0.1, -0.05) is 0 Å². The number of carbonyl (C=O) groups excluding carboxylic acids is 2. The Morgan fingerprint density at radius 3 is 1.69 bits per heavy atom.